The monoisotopic (exact) mass is 611 g/mol. The molecule has 5 rings (SSSR count). The van der Waals surface area contributed by atoms with Crippen LogP contribution in [0.1, 0.15) is 49.3 Å². The number of fused-ring (bicyclic) bond motifs is 1. The van der Waals surface area contributed by atoms with Crippen LogP contribution in [-0.4, -0.2) is 90.1 Å². The lowest BCUT2D eigenvalue weighted by atomic mass is 9.88. The average Bonchev–Trinajstić information content (AvgIpc) is 3.62. The number of carbonyl (C=O) groups is 3. The van der Waals surface area contributed by atoms with E-state index in [1.165, 1.54) is 7.05 Å². The van der Waals surface area contributed by atoms with Crippen molar-refractivity contribution in [3.63, 3.8) is 0 Å². The Morgan fingerprint density at radius 2 is 2.07 bits per heavy atom. The highest BCUT2D eigenvalue weighted by molar-refractivity contribution is 6.31. The molecule has 1 aromatic carbocycles. The molecule has 5 N–H and O–H groups in total. The van der Waals surface area contributed by atoms with E-state index in [2.05, 4.69) is 0 Å². The van der Waals surface area contributed by atoms with Gasteiger partial charge in [0.1, 0.15) is 24.2 Å². The van der Waals surface area contributed by atoms with Gasteiger partial charge in [-0.1, -0.05) is 11.6 Å². The molecule has 1 aliphatic carbocycles. The van der Waals surface area contributed by atoms with Crippen LogP contribution in [0.25, 0.3) is 0 Å². The van der Waals surface area contributed by atoms with Gasteiger partial charge in [-0.2, -0.15) is 0 Å². The molecular formula is C28H36ClF2N5O6. The maximum atomic E-state index is 14.0. The third-order valence-corrected chi connectivity index (χ3v) is 9.15. The van der Waals surface area contributed by atoms with Gasteiger partial charge in [-0.3, -0.25) is 14.4 Å². The number of halogens is 3. The van der Waals surface area contributed by atoms with Crippen molar-refractivity contribution in [3.05, 3.63) is 39.7 Å². The fraction of sp³-hybridized carbons (Fsp3) is 0.607. The summed E-state index contributed by atoms with van der Waals surface area (Å²) in [4.78, 5) is 42.4. The maximum absolute atomic E-state index is 14.0. The molecule has 11 nitrogen and oxygen atoms in total. The minimum Gasteiger partial charge on any atom is -0.487 e. The van der Waals surface area contributed by atoms with E-state index in [1.807, 2.05) is 0 Å². The van der Waals surface area contributed by atoms with Crippen molar-refractivity contribution in [3.8, 4) is 5.75 Å². The normalized spacial score (nSPS) is 25.4. The number of benzene rings is 1. The number of alkyl halides is 2. The average molecular weight is 612 g/mol. The molecule has 2 saturated heterocycles. The molecule has 0 unspecified atom stereocenters. The molecular weight excluding hydrogens is 576 g/mol. The van der Waals surface area contributed by atoms with Crippen LogP contribution in [-0.2, 0) is 25.5 Å². The van der Waals surface area contributed by atoms with Crippen molar-refractivity contribution in [2.45, 2.75) is 57.1 Å². The standard InChI is InChI=1S/C28H36ClF2N5O6/c1-34(33)23(25(30)31)18(32)13-42-20-5-4-17(29)15-6-9-36(26(38)24-16(27(39)40)3-2-10-41-24)19(22(15)20)12-35-14-28(7-8-28)11-21(35)37/h4-5,16,19,24-25H,2-3,6-14,32-33H2,1H3,(H,39,40)/b23-18-/t16-,19+,24+/m0/s1. The first-order valence-electron chi connectivity index (χ1n) is 14.0. The summed E-state index contributed by atoms with van der Waals surface area (Å²) >= 11 is 6.62. The molecule has 0 bridgehead atoms. The van der Waals surface area contributed by atoms with Gasteiger partial charge in [-0.15, -0.1) is 0 Å². The molecule has 1 aromatic rings. The summed E-state index contributed by atoms with van der Waals surface area (Å²) in [5.74, 6) is 3.20. The predicted molar refractivity (Wildman–Crippen MR) is 147 cm³/mol. The summed E-state index contributed by atoms with van der Waals surface area (Å²) in [6, 6.07) is 2.46. The number of hydrogen-bond acceptors (Lipinski definition) is 8. The minimum absolute atomic E-state index is 0.0198. The smallest absolute Gasteiger partial charge is 0.309 e. The molecule has 2 amide bonds. The Bertz CT molecular complexity index is 1280. The van der Waals surface area contributed by atoms with E-state index in [-0.39, 0.29) is 42.5 Å². The van der Waals surface area contributed by atoms with Crippen LogP contribution in [0, 0.1) is 11.3 Å². The molecule has 42 heavy (non-hydrogen) atoms. The lowest BCUT2D eigenvalue weighted by molar-refractivity contribution is -0.166. The minimum atomic E-state index is -2.93. The Morgan fingerprint density at radius 1 is 1.33 bits per heavy atom. The highest BCUT2D eigenvalue weighted by Crippen LogP contribution is 2.54. The SMILES string of the molecule is CN(N)/C(=C(\N)COc1ccc(Cl)c2c1[C@@H](CN1CC3(CC3)CC1=O)N(C(=O)[C@@H]1OCCC[C@@H]1C(=O)O)CC2)C(F)F. The summed E-state index contributed by atoms with van der Waals surface area (Å²) in [7, 11) is 1.25. The van der Waals surface area contributed by atoms with Crippen molar-refractivity contribution in [2.24, 2.45) is 22.9 Å². The quantitative estimate of drug-likeness (QED) is 0.282. The third kappa shape index (κ3) is 5.86. The van der Waals surface area contributed by atoms with Gasteiger partial charge < -0.3 is 35.1 Å². The zero-order chi connectivity index (χ0) is 30.3. The second-order valence-corrected chi connectivity index (χ2v) is 12.1. The highest BCUT2D eigenvalue weighted by atomic mass is 35.5. The number of nitrogens with two attached hydrogens (primary N) is 2. The molecule has 3 aliphatic heterocycles. The van der Waals surface area contributed by atoms with Crippen molar-refractivity contribution >= 4 is 29.4 Å². The van der Waals surface area contributed by atoms with Gasteiger partial charge in [0.15, 0.2) is 0 Å². The Morgan fingerprint density at radius 3 is 2.69 bits per heavy atom. The summed E-state index contributed by atoms with van der Waals surface area (Å²) in [5, 5.41) is 11.0. The van der Waals surface area contributed by atoms with E-state index >= 15 is 0 Å². The van der Waals surface area contributed by atoms with Crippen LogP contribution in [0.3, 0.4) is 0 Å². The van der Waals surface area contributed by atoms with Gasteiger partial charge in [0, 0.05) is 50.3 Å². The van der Waals surface area contributed by atoms with Gasteiger partial charge in [-0.25, -0.2) is 14.6 Å². The second-order valence-electron chi connectivity index (χ2n) is 11.7. The Balaban J connectivity index is 1.52. The molecule has 1 spiro atoms. The first kappa shape index (κ1) is 30.3. The van der Waals surface area contributed by atoms with E-state index in [0.717, 1.165) is 17.9 Å². The van der Waals surface area contributed by atoms with E-state index in [9.17, 15) is 28.3 Å². The van der Waals surface area contributed by atoms with E-state index < -0.39 is 48.7 Å². The van der Waals surface area contributed by atoms with Crippen LogP contribution >= 0.6 is 11.6 Å². The number of amides is 2. The maximum Gasteiger partial charge on any atom is 0.309 e. The molecule has 0 aromatic heterocycles. The van der Waals surface area contributed by atoms with Crippen LogP contribution in [0.4, 0.5) is 8.78 Å². The molecule has 1 saturated carbocycles. The highest BCUT2D eigenvalue weighted by Gasteiger charge is 2.53. The number of likely N-dealkylation sites (tertiary alicyclic amines) is 1. The molecule has 0 radical (unpaired) electrons. The Labute approximate surface area is 247 Å². The van der Waals surface area contributed by atoms with E-state index in [1.54, 1.807) is 21.9 Å². The number of aliphatic carboxylic acids is 1. The lowest BCUT2D eigenvalue weighted by Crippen LogP contribution is -2.53. The summed E-state index contributed by atoms with van der Waals surface area (Å²) in [5.41, 5.74) is 6.29. The van der Waals surface area contributed by atoms with Crippen molar-refractivity contribution in [1.82, 2.24) is 14.8 Å². The summed E-state index contributed by atoms with van der Waals surface area (Å²) in [6.45, 7) is 0.753. The number of carboxylic acids is 1. The molecule has 230 valence electrons. The Kier molecular flexibility index (Phi) is 8.55. The molecule has 3 heterocycles. The van der Waals surface area contributed by atoms with Crippen LogP contribution in [0.15, 0.2) is 23.5 Å². The van der Waals surface area contributed by atoms with Crippen molar-refractivity contribution in [1.29, 1.82) is 0 Å². The van der Waals surface area contributed by atoms with E-state index in [4.69, 9.17) is 32.7 Å². The largest absolute Gasteiger partial charge is 0.487 e. The van der Waals surface area contributed by atoms with Crippen LogP contribution < -0.4 is 16.3 Å². The van der Waals surface area contributed by atoms with Crippen molar-refractivity contribution in [2.75, 3.05) is 39.9 Å². The number of carbonyl (C=O) groups excluding carboxylic acids is 2. The second kappa shape index (κ2) is 11.8. The number of nitrogens with zero attached hydrogens (tertiary/aromatic N) is 3. The van der Waals surface area contributed by atoms with Crippen LogP contribution in [0.5, 0.6) is 5.75 Å². The topological polar surface area (TPSA) is 152 Å². The number of hydrogen-bond donors (Lipinski definition) is 3. The first-order valence-corrected chi connectivity index (χ1v) is 14.4. The molecule has 3 fully saturated rings. The molecule has 3 atom stereocenters. The number of rotatable bonds is 9. The zero-order valence-electron chi connectivity index (χ0n) is 23.4. The van der Waals surface area contributed by atoms with Gasteiger partial charge in [0.05, 0.1) is 17.7 Å². The van der Waals surface area contributed by atoms with Crippen molar-refractivity contribution < 1.29 is 37.7 Å². The fourth-order valence-electron chi connectivity index (χ4n) is 6.42. The number of carboxylic acid groups (broad SMARTS) is 1. The van der Waals surface area contributed by atoms with Gasteiger partial charge >= 0.3 is 5.97 Å². The summed E-state index contributed by atoms with van der Waals surface area (Å²) < 4.78 is 38.9. The van der Waals surface area contributed by atoms with Gasteiger partial charge in [0.25, 0.3) is 12.3 Å². The number of ether oxygens (including phenoxy) is 2. The number of allylic oxidation sites excluding steroid dienone is 1. The fourth-order valence-corrected chi connectivity index (χ4v) is 6.68. The predicted octanol–water partition coefficient (Wildman–Crippen LogP) is 2.28. The third-order valence-electron chi connectivity index (χ3n) is 8.79. The Hall–Kier alpha value is -3.16. The zero-order valence-corrected chi connectivity index (χ0v) is 24.1. The van der Waals surface area contributed by atoms with Gasteiger partial charge in [0.2, 0.25) is 5.91 Å². The van der Waals surface area contributed by atoms with E-state index in [0.29, 0.717) is 48.4 Å². The molecule has 14 heteroatoms. The first-order chi connectivity index (χ1) is 19.9. The van der Waals surface area contributed by atoms with Gasteiger partial charge in [-0.05, 0) is 55.2 Å². The summed E-state index contributed by atoms with van der Waals surface area (Å²) in [6.07, 6.45) is -0.587. The molecule has 4 aliphatic rings. The number of hydrazine groups is 1. The van der Waals surface area contributed by atoms with Crippen LogP contribution in [0.2, 0.25) is 5.02 Å². The lowest BCUT2D eigenvalue weighted by Gasteiger charge is -2.42.